The molecule has 0 bridgehead atoms. The van der Waals surface area contributed by atoms with Gasteiger partial charge in [-0.15, -0.1) is 0 Å². The summed E-state index contributed by atoms with van der Waals surface area (Å²) < 4.78 is 14.0. The predicted molar refractivity (Wildman–Crippen MR) is 74.0 cm³/mol. The van der Waals surface area contributed by atoms with Gasteiger partial charge in [0.05, 0.1) is 11.4 Å². The predicted octanol–water partition coefficient (Wildman–Crippen LogP) is 3.53. The lowest BCUT2D eigenvalue weighted by molar-refractivity contribution is 0.209. The molecule has 0 saturated carbocycles. The van der Waals surface area contributed by atoms with E-state index in [2.05, 4.69) is 9.97 Å². The number of anilines is 1. The van der Waals surface area contributed by atoms with E-state index >= 15 is 0 Å². The number of amides is 1. The summed E-state index contributed by atoms with van der Waals surface area (Å²) in [6, 6.07) is 6.00. The maximum Gasteiger partial charge on any atom is 0.409 e. The Balaban J connectivity index is 2.27. The van der Waals surface area contributed by atoms with E-state index in [0.717, 1.165) is 0 Å². The second-order valence-corrected chi connectivity index (χ2v) is 4.06. The van der Waals surface area contributed by atoms with Crippen molar-refractivity contribution in [3.8, 4) is 0 Å². The van der Waals surface area contributed by atoms with Gasteiger partial charge in [0.15, 0.2) is 5.82 Å². The van der Waals surface area contributed by atoms with E-state index in [1.54, 1.807) is 18.2 Å². The number of benzene rings is 1. The van der Waals surface area contributed by atoms with E-state index in [0.29, 0.717) is 5.69 Å². The summed E-state index contributed by atoms with van der Waals surface area (Å²) in [6.07, 6.45) is 3.18. The van der Waals surface area contributed by atoms with E-state index in [-0.39, 0.29) is 16.5 Å². The van der Waals surface area contributed by atoms with Gasteiger partial charge in [-0.3, -0.25) is 5.32 Å². The van der Waals surface area contributed by atoms with Gasteiger partial charge < -0.3 is 5.11 Å². The summed E-state index contributed by atoms with van der Waals surface area (Å²) in [7, 11) is 0. The number of hydrogen-bond donors (Lipinski definition) is 2. The molecule has 0 saturated heterocycles. The zero-order chi connectivity index (χ0) is 14.5. The molecule has 0 spiro atoms. The summed E-state index contributed by atoms with van der Waals surface area (Å²) in [5, 5.41) is 10.7. The van der Waals surface area contributed by atoms with Crippen molar-refractivity contribution in [3.05, 3.63) is 52.8 Å². The van der Waals surface area contributed by atoms with Crippen molar-refractivity contribution in [2.24, 2.45) is 0 Å². The molecule has 102 valence electrons. The number of carboxylic acid groups (broad SMARTS) is 1. The van der Waals surface area contributed by atoms with Gasteiger partial charge in [-0.05, 0) is 35.9 Å². The van der Waals surface area contributed by atoms with Gasteiger partial charge in [0.2, 0.25) is 5.28 Å². The van der Waals surface area contributed by atoms with Crippen molar-refractivity contribution in [1.82, 2.24) is 9.97 Å². The third kappa shape index (κ3) is 3.52. The minimum absolute atomic E-state index is 0.0916. The molecule has 2 aromatic rings. The monoisotopic (exact) mass is 293 g/mol. The van der Waals surface area contributed by atoms with Crippen LogP contribution < -0.4 is 5.32 Å². The van der Waals surface area contributed by atoms with Gasteiger partial charge in [0.1, 0.15) is 0 Å². The highest BCUT2D eigenvalue weighted by Crippen LogP contribution is 2.20. The smallest absolute Gasteiger partial charge is 0.409 e. The Bertz CT molecular complexity index is 676. The summed E-state index contributed by atoms with van der Waals surface area (Å²) >= 11 is 5.63. The zero-order valence-electron chi connectivity index (χ0n) is 10.0. The normalized spacial score (nSPS) is 10.7. The Hall–Kier alpha value is -2.47. The summed E-state index contributed by atoms with van der Waals surface area (Å²) in [5.41, 5.74) is 0.632. The van der Waals surface area contributed by atoms with Crippen LogP contribution in [0.15, 0.2) is 30.5 Å². The van der Waals surface area contributed by atoms with E-state index in [1.165, 1.54) is 24.4 Å². The maximum atomic E-state index is 14.0. The SMILES string of the molecule is O=C(O)Nc1cccc(C=Cc2ccnc(Cl)n2)c1F. The lowest BCUT2D eigenvalue weighted by Gasteiger charge is -2.04. The Morgan fingerprint density at radius 1 is 1.35 bits per heavy atom. The fourth-order valence-electron chi connectivity index (χ4n) is 1.51. The second-order valence-electron chi connectivity index (χ2n) is 3.72. The molecule has 2 N–H and O–H groups in total. The molecule has 0 aliphatic rings. The number of hydrogen-bond acceptors (Lipinski definition) is 3. The minimum atomic E-state index is -1.33. The molecule has 1 amide bonds. The molecule has 1 aromatic carbocycles. The average molecular weight is 294 g/mol. The van der Waals surface area contributed by atoms with Crippen LogP contribution in [-0.2, 0) is 0 Å². The highest BCUT2D eigenvalue weighted by molar-refractivity contribution is 6.28. The van der Waals surface area contributed by atoms with Gasteiger partial charge in [-0.1, -0.05) is 12.1 Å². The molecule has 0 aliphatic carbocycles. The zero-order valence-corrected chi connectivity index (χ0v) is 10.8. The molecule has 1 heterocycles. The van der Waals surface area contributed by atoms with Crippen LogP contribution in [0.3, 0.4) is 0 Å². The number of nitrogens with one attached hydrogen (secondary N) is 1. The molecule has 2 rings (SSSR count). The van der Waals surface area contributed by atoms with Crippen LogP contribution in [-0.4, -0.2) is 21.2 Å². The third-order valence-corrected chi connectivity index (χ3v) is 2.53. The number of halogens is 2. The van der Waals surface area contributed by atoms with Crippen LogP contribution in [0.1, 0.15) is 11.3 Å². The number of rotatable bonds is 3. The molecule has 5 nitrogen and oxygen atoms in total. The van der Waals surface area contributed by atoms with Crippen LogP contribution in [0.2, 0.25) is 5.28 Å². The Morgan fingerprint density at radius 2 is 2.15 bits per heavy atom. The van der Waals surface area contributed by atoms with Crippen molar-refractivity contribution in [2.75, 3.05) is 5.32 Å². The van der Waals surface area contributed by atoms with E-state index in [9.17, 15) is 9.18 Å². The average Bonchev–Trinajstić information content (AvgIpc) is 2.39. The topological polar surface area (TPSA) is 75.1 Å². The van der Waals surface area contributed by atoms with Crippen molar-refractivity contribution in [2.45, 2.75) is 0 Å². The first kappa shape index (κ1) is 14.0. The molecular weight excluding hydrogens is 285 g/mol. The van der Waals surface area contributed by atoms with Crippen LogP contribution in [0, 0.1) is 5.82 Å². The van der Waals surface area contributed by atoms with Gasteiger partial charge >= 0.3 is 6.09 Å². The molecule has 0 atom stereocenters. The summed E-state index contributed by atoms with van der Waals surface area (Å²) in [4.78, 5) is 18.2. The second kappa shape index (κ2) is 6.12. The van der Waals surface area contributed by atoms with Gasteiger partial charge in [-0.25, -0.2) is 19.2 Å². The van der Waals surface area contributed by atoms with E-state index in [4.69, 9.17) is 16.7 Å². The molecular formula is C13H9ClFN3O2. The van der Waals surface area contributed by atoms with Crippen molar-refractivity contribution < 1.29 is 14.3 Å². The summed E-state index contributed by atoms with van der Waals surface area (Å²) in [5.74, 6) is -0.661. The Kier molecular flexibility index (Phi) is 4.27. The quantitative estimate of drug-likeness (QED) is 0.849. The lowest BCUT2D eigenvalue weighted by atomic mass is 10.1. The lowest BCUT2D eigenvalue weighted by Crippen LogP contribution is -2.09. The molecule has 20 heavy (non-hydrogen) atoms. The Labute approximate surface area is 118 Å². The highest BCUT2D eigenvalue weighted by Gasteiger charge is 2.07. The molecule has 0 fully saturated rings. The van der Waals surface area contributed by atoms with Gasteiger partial charge in [0, 0.05) is 11.8 Å². The number of aromatic nitrogens is 2. The van der Waals surface area contributed by atoms with Gasteiger partial charge in [-0.2, -0.15) is 0 Å². The summed E-state index contributed by atoms with van der Waals surface area (Å²) in [6.45, 7) is 0. The fraction of sp³-hybridized carbons (Fsp3) is 0. The van der Waals surface area contributed by atoms with E-state index < -0.39 is 11.9 Å². The van der Waals surface area contributed by atoms with Crippen LogP contribution in [0.5, 0.6) is 0 Å². The van der Waals surface area contributed by atoms with Crippen LogP contribution >= 0.6 is 11.6 Å². The van der Waals surface area contributed by atoms with Gasteiger partial charge in [0.25, 0.3) is 0 Å². The first-order valence-electron chi connectivity index (χ1n) is 5.51. The van der Waals surface area contributed by atoms with Crippen molar-refractivity contribution in [1.29, 1.82) is 0 Å². The number of carbonyl (C=O) groups is 1. The van der Waals surface area contributed by atoms with Crippen molar-refractivity contribution >= 4 is 35.5 Å². The molecule has 7 heteroatoms. The van der Waals surface area contributed by atoms with E-state index in [1.807, 2.05) is 5.32 Å². The third-order valence-electron chi connectivity index (χ3n) is 2.35. The first-order valence-corrected chi connectivity index (χ1v) is 5.89. The molecule has 0 radical (unpaired) electrons. The minimum Gasteiger partial charge on any atom is -0.465 e. The molecule has 0 aliphatic heterocycles. The van der Waals surface area contributed by atoms with Crippen LogP contribution in [0.25, 0.3) is 12.2 Å². The maximum absolute atomic E-state index is 14.0. The Morgan fingerprint density at radius 3 is 2.85 bits per heavy atom. The number of nitrogens with zero attached hydrogens (tertiary/aromatic N) is 2. The van der Waals surface area contributed by atoms with Crippen molar-refractivity contribution in [3.63, 3.8) is 0 Å². The largest absolute Gasteiger partial charge is 0.465 e. The molecule has 1 aromatic heterocycles. The first-order chi connectivity index (χ1) is 9.56. The fourth-order valence-corrected chi connectivity index (χ4v) is 1.66. The highest BCUT2D eigenvalue weighted by atomic mass is 35.5. The standard InChI is InChI=1S/C13H9ClFN3O2/c14-12-16-7-6-9(17-12)5-4-8-2-1-3-10(11(8)15)18-13(19)20/h1-7,18H,(H,19,20). The van der Waals surface area contributed by atoms with Crippen LogP contribution in [0.4, 0.5) is 14.9 Å². The molecule has 0 unspecified atom stereocenters.